The largest absolute Gasteiger partial charge is 0.419 e. The highest BCUT2D eigenvalue weighted by Crippen LogP contribution is 2.51. The number of rotatable bonds is 4. The number of benzene rings is 1. The molecule has 0 saturated heterocycles. The molecule has 0 bridgehead atoms. The second-order valence-electron chi connectivity index (χ2n) is 5.83. The third kappa shape index (κ3) is 3.47. The minimum atomic E-state index is -4.64. The molecule has 1 aliphatic rings. The maximum Gasteiger partial charge on any atom is 0.419 e. The molecule has 1 aromatic rings. The van der Waals surface area contributed by atoms with E-state index in [9.17, 15) is 17.6 Å². The average Bonchev–Trinajstić information content (AvgIpc) is 2.87. The van der Waals surface area contributed by atoms with E-state index >= 15 is 0 Å². The van der Waals surface area contributed by atoms with Gasteiger partial charge in [-0.3, -0.25) is 0 Å². The van der Waals surface area contributed by atoms with Crippen LogP contribution in [0.4, 0.5) is 17.6 Å². The van der Waals surface area contributed by atoms with Crippen LogP contribution in [0.15, 0.2) is 18.2 Å². The average molecular weight is 275 g/mol. The van der Waals surface area contributed by atoms with Gasteiger partial charge in [0.05, 0.1) is 5.56 Å². The molecule has 0 aliphatic heterocycles. The van der Waals surface area contributed by atoms with Crippen LogP contribution in [0.3, 0.4) is 0 Å². The molecular weight excluding hydrogens is 258 g/mol. The molecule has 0 heterocycles. The first-order valence-corrected chi connectivity index (χ1v) is 6.26. The van der Waals surface area contributed by atoms with Crippen molar-refractivity contribution < 1.29 is 17.6 Å². The second-order valence-corrected chi connectivity index (χ2v) is 5.83. The van der Waals surface area contributed by atoms with E-state index in [4.69, 9.17) is 0 Å². The van der Waals surface area contributed by atoms with Crippen LogP contribution in [0.5, 0.6) is 0 Å². The molecule has 1 N–H and O–H groups in total. The number of nitrogens with one attached hydrogen (secondary N) is 1. The maximum absolute atomic E-state index is 13.1. The van der Waals surface area contributed by atoms with E-state index in [0.717, 1.165) is 25.1 Å². The highest BCUT2D eigenvalue weighted by Gasteiger charge is 2.44. The molecule has 1 saturated carbocycles. The van der Waals surface area contributed by atoms with Crippen molar-refractivity contribution in [3.63, 3.8) is 0 Å². The molecule has 19 heavy (non-hydrogen) atoms. The third-order valence-electron chi connectivity index (χ3n) is 3.77. The van der Waals surface area contributed by atoms with Crippen molar-refractivity contribution in [3.8, 4) is 0 Å². The standard InChI is InChI=1S/C14H17F4N/c1-13(2)6-10(13)8-19-7-9-3-4-12(15)11(5-9)14(16,17)18/h3-5,10,19H,6-8H2,1-2H3. The Hall–Kier alpha value is -1.10. The zero-order chi connectivity index (χ0) is 14.3. The monoisotopic (exact) mass is 275 g/mol. The van der Waals surface area contributed by atoms with Crippen molar-refractivity contribution in [2.75, 3.05) is 6.54 Å². The van der Waals surface area contributed by atoms with Gasteiger partial charge in [-0.1, -0.05) is 19.9 Å². The summed E-state index contributed by atoms with van der Waals surface area (Å²) in [6.07, 6.45) is -3.50. The summed E-state index contributed by atoms with van der Waals surface area (Å²) >= 11 is 0. The van der Waals surface area contributed by atoms with Gasteiger partial charge in [-0.05, 0) is 42.0 Å². The smallest absolute Gasteiger partial charge is 0.312 e. The number of halogens is 4. The summed E-state index contributed by atoms with van der Waals surface area (Å²) in [6, 6.07) is 3.14. The van der Waals surface area contributed by atoms with Crippen LogP contribution in [0.25, 0.3) is 0 Å². The molecule has 2 rings (SSSR count). The van der Waals surface area contributed by atoms with Gasteiger partial charge in [0.2, 0.25) is 0 Å². The number of alkyl halides is 3. The van der Waals surface area contributed by atoms with Crippen LogP contribution in [-0.4, -0.2) is 6.54 Å². The predicted molar refractivity (Wildman–Crippen MR) is 65.0 cm³/mol. The molecule has 0 spiro atoms. The Balaban J connectivity index is 1.94. The molecule has 0 amide bonds. The Morgan fingerprint density at radius 1 is 1.32 bits per heavy atom. The fourth-order valence-corrected chi connectivity index (χ4v) is 2.21. The number of hydrogen-bond donors (Lipinski definition) is 1. The topological polar surface area (TPSA) is 12.0 Å². The summed E-state index contributed by atoms with van der Waals surface area (Å²) in [7, 11) is 0. The molecule has 1 aromatic carbocycles. The number of hydrogen-bond acceptors (Lipinski definition) is 1. The summed E-state index contributed by atoms with van der Waals surface area (Å²) in [4.78, 5) is 0. The molecule has 1 nitrogen and oxygen atoms in total. The Kier molecular flexibility index (Phi) is 3.60. The van der Waals surface area contributed by atoms with Crippen molar-refractivity contribution in [1.82, 2.24) is 5.32 Å². The summed E-state index contributed by atoms with van der Waals surface area (Å²) in [5, 5.41) is 3.13. The highest BCUT2D eigenvalue weighted by atomic mass is 19.4. The molecular formula is C14H17F4N. The molecule has 1 fully saturated rings. The van der Waals surface area contributed by atoms with Crippen LogP contribution >= 0.6 is 0 Å². The first-order valence-electron chi connectivity index (χ1n) is 6.26. The lowest BCUT2D eigenvalue weighted by Gasteiger charge is -2.11. The van der Waals surface area contributed by atoms with E-state index in [1.54, 1.807) is 0 Å². The third-order valence-corrected chi connectivity index (χ3v) is 3.77. The van der Waals surface area contributed by atoms with Gasteiger partial charge in [0.1, 0.15) is 5.82 Å². The quantitative estimate of drug-likeness (QED) is 0.820. The molecule has 1 unspecified atom stereocenters. The van der Waals surface area contributed by atoms with Gasteiger partial charge in [0.15, 0.2) is 0 Å². The summed E-state index contributed by atoms with van der Waals surface area (Å²) in [6.45, 7) is 5.44. The lowest BCUT2D eigenvalue weighted by atomic mass is 10.1. The zero-order valence-corrected chi connectivity index (χ0v) is 10.9. The molecule has 0 aromatic heterocycles. The van der Waals surface area contributed by atoms with Crippen LogP contribution in [-0.2, 0) is 12.7 Å². The fraction of sp³-hybridized carbons (Fsp3) is 0.571. The normalized spacial score (nSPS) is 21.5. The van der Waals surface area contributed by atoms with E-state index in [0.29, 0.717) is 23.4 Å². The Morgan fingerprint density at radius 2 is 1.95 bits per heavy atom. The molecule has 1 aliphatic carbocycles. The van der Waals surface area contributed by atoms with Gasteiger partial charge in [0, 0.05) is 6.54 Å². The van der Waals surface area contributed by atoms with Gasteiger partial charge < -0.3 is 5.32 Å². The summed E-state index contributed by atoms with van der Waals surface area (Å²) in [5.41, 5.74) is -0.404. The van der Waals surface area contributed by atoms with Crippen molar-refractivity contribution >= 4 is 0 Å². The second kappa shape index (κ2) is 4.78. The zero-order valence-electron chi connectivity index (χ0n) is 10.9. The van der Waals surface area contributed by atoms with Crippen LogP contribution in [0, 0.1) is 17.2 Å². The minimum absolute atomic E-state index is 0.329. The maximum atomic E-state index is 13.1. The Morgan fingerprint density at radius 3 is 2.47 bits per heavy atom. The Labute approximate surface area is 110 Å². The first kappa shape index (κ1) is 14.3. The molecule has 106 valence electrons. The summed E-state index contributed by atoms with van der Waals surface area (Å²) < 4.78 is 50.7. The van der Waals surface area contributed by atoms with Gasteiger partial charge in [-0.2, -0.15) is 13.2 Å². The lowest BCUT2D eigenvalue weighted by molar-refractivity contribution is -0.140. The predicted octanol–water partition coefficient (Wildman–Crippen LogP) is 3.98. The SMILES string of the molecule is CC1(C)CC1CNCc1ccc(F)c(C(F)(F)F)c1. The van der Waals surface area contributed by atoms with Crippen LogP contribution in [0.1, 0.15) is 31.4 Å². The van der Waals surface area contributed by atoms with E-state index in [2.05, 4.69) is 19.2 Å². The van der Waals surface area contributed by atoms with E-state index in [-0.39, 0.29) is 0 Å². The van der Waals surface area contributed by atoms with Crippen molar-refractivity contribution in [3.05, 3.63) is 35.1 Å². The van der Waals surface area contributed by atoms with Crippen LogP contribution in [0.2, 0.25) is 0 Å². The van der Waals surface area contributed by atoms with E-state index < -0.39 is 17.6 Å². The van der Waals surface area contributed by atoms with Gasteiger partial charge >= 0.3 is 6.18 Å². The van der Waals surface area contributed by atoms with Crippen LogP contribution < -0.4 is 5.32 Å². The van der Waals surface area contributed by atoms with Gasteiger partial charge in [-0.25, -0.2) is 4.39 Å². The van der Waals surface area contributed by atoms with Gasteiger partial charge in [0.25, 0.3) is 0 Å². The highest BCUT2D eigenvalue weighted by molar-refractivity contribution is 5.27. The van der Waals surface area contributed by atoms with E-state index in [1.165, 1.54) is 6.07 Å². The fourth-order valence-electron chi connectivity index (χ4n) is 2.21. The molecule has 1 atom stereocenters. The van der Waals surface area contributed by atoms with Crippen molar-refractivity contribution in [1.29, 1.82) is 0 Å². The first-order chi connectivity index (χ1) is 8.70. The lowest BCUT2D eigenvalue weighted by Crippen LogP contribution is -2.19. The van der Waals surface area contributed by atoms with Crippen molar-refractivity contribution in [2.45, 2.75) is 33.0 Å². The van der Waals surface area contributed by atoms with E-state index in [1.807, 2.05) is 0 Å². The minimum Gasteiger partial charge on any atom is -0.312 e. The molecule has 5 heteroatoms. The Bertz CT molecular complexity index is 465. The molecule has 0 radical (unpaired) electrons. The summed E-state index contributed by atoms with van der Waals surface area (Å²) in [5.74, 6) is -0.644. The van der Waals surface area contributed by atoms with Gasteiger partial charge in [-0.15, -0.1) is 0 Å². The van der Waals surface area contributed by atoms with Crippen molar-refractivity contribution in [2.24, 2.45) is 11.3 Å².